The number of methoxy groups -OCH3 is 1. The quantitative estimate of drug-likeness (QED) is 0.605. The summed E-state index contributed by atoms with van der Waals surface area (Å²) < 4.78 is 36.7. The first kappa shape index (κ1) is 19.6. The molecule has 0 radical (unpaired) electrons. The van der Waals surface area contributed by atoms with E-state index in [1.54, 1.807) is 6.92 Å². The van der Waals surface area contributed by atoms with Gasteiger partial charge in [-0.15, -0.1) is 0 Å². The SMILES string of the molecule is COC[C@@H](C)NS(=O)(=O)c1ccc(C(=O)NNC(=O)c2ccco2)cc1. The third-order valence-electron chi connectivity index (χ3n) is 3.23. The highest BCUT2D eigenvalue weighted by Gasteiger charge is 2.18. The van der Waals surface area contributed by atoms with E-state index in [1.807, 2.05) is 0 Å². The molecule has 9 nitrogen and oxygen atoms in total. The van der Waals surface area contributed by atoms with Crippen LogP contribution in [0.15, 0.2) is 52.0 Å². The van der Waals surface area contributed by atoms with Gasteiger partial charge in [-0.1, -0.05) is 0 Å². The maximum Gasteiger partial charge on any atom is 0.305 e. The number of carbonyl (C=O) groups excluding carboxylic acids is 2. The summed E-state index contributed by atoms with van der Waals surface area (Å²) in [5, 5.41) is 0. The molecule has 0 unspecified atom stereocenters. The third-order valence-corrected chi connectivity index (χ3v) is 4.84. The molecule has 140 valence electrons. The number of furan rings is 1. The zero-order valence-electron chi connectivity index (χ0n) is 14.2. The second-order valence-electron chi connectivity index (χ2n) is 5.39. The van der Waals surface area contributed by atoms with Crippen LogP contribution in [0.5, 0.6) is 0 Å². The highest BCUT2D eigenvalue weighted by atomic mass is 32.2. The number of ether oxygens (including phenoxy) is 1. The number of sulfonamides is 1. The standard InChI is InChI=1S/C16H19N3O6S/c1-11(10-24-2)19-26(22,23)13-7-5-12(6-8-13)15(20)17-18-16(21)14-4-3-9-25-14/h3-9,11,19H,10H2,1-2H3,(H,17,20)(H,18,21)/t11-/m1/s1. The van der Waals surface area contributed by atoms with Crippen LogP contribution in [0.1, 0.15) is 27.8 Å². The molecule has 26 heavy (non-hydrogen) atoms. The zero-order chi connectivity index (χ0) is 19.2. The molecule has 1 aromatic heterocycles. The Labute approximate surface area is 150 Å². The summed E-state index contributed by atoms with van der Waals surface area (Å²) in [6.45, 7) is 1.90. The van der Waals surface area contributed by atoms with E-state index in [-0.39, 0.29) is 22.8 Å². The zero-order valence-corrected chi connectivity index (χ0v) is 15.0. The summed E-state index contributed by atoms with van der Waals surface area (Å²) in [4.78, 5) is 23.7. The van der Waals surface area contributed by atoms with Crippen LogP contribution >= 0.6 is 0 Å². The summed E-state index contributed by atoms with van der Waals surface area (Å²) >= 11 is 0. The summed E-state index contributed by atoms with van der Waals surface area (Å²) in [5.74, 6) is -1.17. The topological polar surface area (TPSA) is 127 Å². The number of benzene rings is 1. The number of amides is 2. The second-order valence-corrected chi connectivity index (χ2v) is 7.10. The van der Waals surface area contributed by atoms with Gasteiger partial charge in [0.15, 0.2) is 5.76 Å². The van der Waals surface area contributed by atoms with E-state index in [9.17, 15) is 18.0 Å². The van der Waals surface area contributed by atoms with Crippen molar-refractivity contribution < 1.29 is 27.2 Å². The van der Waals surface area contributed by atoms with Crippen LogP contribution in [0, 0.1) is 0 Å². The molecule has 2 aromatic rings. The maximum absolute atomic E-state index is 12.2. The first-order chi connectivity index (χ1) is 12.3. The molecule has 0 fully saturated rings. The molecule has 0 bridgehead atoms. The Hall–Kier alpha value is -2.69. The first-order valence-corrected chi connectivity index (χ1v) is 9.07. The molecular formula is C16H19N3O6S. The van der Waals surface area contributed by atoms with Gasteiger partial charge in [0.1, 0.15) is 0 Å². The Morgan fingerprint density at radius 3 is 2.35 bits per heavy atom. The average molecular weight is 381 g/mol. The lowest BCUT2D eigenvalue weighted by atomic mass is 10.2. The van der Waals surface area contributed by atoms with Gasteiger partial charge in [0.25, 0.3) is 5.91 Å². The highest BCUT2D eigenvalue weighted by Crippen LogP contribution is 2.11. The van der Waals surface area contributed by atoms with Crippen LogP contribution in [0.25, 0.3) is 0 Å². The highest BCUT2D eigenvalue weighted by molar-refractivity contribution is 7.89. The number of carbonyl (C=O) groups is 2. The minimum Gasteiger partial charge on any atom is -0.459 e. The number of hydrogen-bond donors (Lipinski definition) is 3. The van der Waals surface area contributed by atoms with Gasteiger partial charge >= 0.3 is 5.91 Å². The van der Waals surface area contributed by atoms with E-state index in [4.69, 9.17) is 9.15 Å². The molecule has 1 heterocycles. The van der Waals surface area contributed by atoms with E-state index in [0.29, 0.717) is 0 Å². The predicted octanol–water partition coefficient (Wildman–Crippen LogP) is 0.668. The molecule has 2 amide bonds. The maximum atomic E-state index is 12.2. The minimum absolute atomic E-state index is 0.0108. The van der Waals surface area contributed by atoms with Crippen molar-refractivity contribution in [3.8, 4) is 0 Å². The summed E-state index contributed by atoms with van der Waals surface area (Å²) in [6.07, 6.45) is 1.33. The van der Waals surface area contributed by atoms with E-state index < -0.39 is 27.9 Å². The summed E-state index contributed by atoms with van der Waals surface area (Å²) in [7, 11) is -2.25. The van der Waals surface area contributed by atoms with Gasteiger partial charge in [-0.25, -0.2) is 13.1 Å². The van der Waals surface area contributed by atoms with Crippen molar-refractivity contribution in [3.05, 3.63) is 54.0 Å². The molecule has 0 aliphatic carbocycles. The van der Waals surface area contributed by atoms with Crippen LogP contribution in [0.3, 0.4) is 0 Å². The van der Waals surface area contributed by atoms with Gasteiger partial charge in [-0.3, -0.25) is 20.4 Å². The van der Waals surface area contributed by atoms with Gasteiger partial charge in [0.2, 0.25) is 10.0 Å². The molecule has 1 aromatic carbocycles. The monoisotopic (exact) mass is 381 g/mol. The van der Waals surface area contributed by atoms with Gasteiger partial charge in [0.05, 0.1) is 17.8 Å². The molecule has 0 spiro atoms. The minimum atomic E-state index is -3.72. The van der Waals surface area contributed by atoms with Gasteiger partial charge in [-0.05, 0) is 43.3 Å². The van der Waals surface area contributed by atoms with Crippen LogP contribution in [0.2, 0.25) is 0 Å². The molecule has 10 heteroatoms. The van der Waals surface area contributed by atoms with Gasteiger partial charge in [-0.2, -0.15) is 0 Å². The normalized spacial score (nSPS) is 12.4. The van der Waals surface area contributed by atoms with Crippen LogP contribution < -0.4 is 15.6 Å². The smallest absolute Gasteiger partial charge is 0.305 e. The van der Waals surface area contributed by atoms with Crippen LogP contribution in [-0.4, -0.2) is 40.0 Å². The van der Waals surface area contributed by atoms with Crippen molar-refractivity contribution in [2.45, 2.75) is 17.9 Å². The molecule has 1 atom stereocenters. The first-order valence-electron chi connectivity index (χ1n) is 7.59. The van der Waals surface area contributed by atoms with Crippen LogP contribution in [-0.2, 0) is 14.8 Å². The fourth-order valence-corrected chi connectivity index (χ4v) is 3.29. The molecule has 3 N–H and O–H groups in total. The van der Waals surface area contributed by atoms with Gasteiger partial charge < -0.3 is 9.15 Å². The lowest BCUT2D eigenvalue weighted by Crippen LogP contribution is -2.41. The molecule has 0 saturated heterocycles. The van der Waals surface area contributed by atoms with Crippen molar-refractivity contribution >= 4 is 21.8 Å². The Morgan fingerprint density at radius 1 is 1.12 bits per heavy atom. The molecule has 0 saturated carbocycles. The summed E-state index contributed by atoms with van der Waals surface area (Å²) in [6, 6.07) is 7.85. The average Bonchev–Trinajstić information content (AvgIpc) is 3.14. The van der Waals surface area contributed by atoms with Crippen molar-refractivity contribution in [1.29, 1.82) is 0 Å². The van der Waals surface area contributed by atoms with Crippen molar-refractivity contribution in [1.82, 2.24) is 15.6 Å². The largest absolute Gasteiger partial charge is 0.459 e. The Bertz CT molecular complexity index is 847. The van der Waals surface area contributed by atoms with E-state index >= 15 is 0 Å². The Kier molecular flexibility index (Phi) is 6.50. The van der Waals surface area contributed by atoms with Crippen LogP contribution in [0.4, 0.5) is 0 Å². The lowest BCUT2D eigenvalue weighted by molar-refractivity contribution is 0.0831. The van der Waals surface area contributed by atoms with Crippen molar-refractivity contribution in [3.63, 3.8) is 0 Å². The fraction of sp³-hybridized carbons (Fsp3) is 0.250. The molecule has 0 aliphatic heterocycles. The lowest BCUT2D eigenvalue weighted by Gasteiger charge is -2.13. The second kappa shape index (κ2) is 8.61. The van der Waals surface area contributed by atoms with E-state index in [0.717, 1.165) is 0 Å². The Morgan fingerprint density at radius 2 is 1.77 bits per heavy atom. The number of hydrazine groups is 1. The van der Waals surface area contributed by atoms with Gasteiger partial charge in [0, 0.05) is 18.7 Å². The number of hydrogen-bond acceptors (Lipinski definition) is 6. The predicted molar refractivity (Wildman–Crippen MR) is 91.7 cm³/mol. The molecule has 2 rings (SSSR count). The van der Waals surface area contributed by atoms with Crippen molar-refractivity contribution in [2.24, 2.45) is 0 Å². The number of nitrogens with one attached hydrogen (secondary N) is 3. The molecular weight excluding hydrogens is 362 g/mol. The van der Waals surface area contributed by atoms with E-state index in [2.05, 4.69) is 15.6 Å². The van der Waals surface area contributed by atoms with E-state index in [1.165, 1.54) is 49.8 Å². The third kappa shape index (κ3) is 5.15. The number of rotatable bonds is 7. The summed E-state index contributed by atoms with van der Waals surface area (Å²) in [5.41, 5.74) is 4.58. The fourth-order valence-electron chi connectivity index (χ4n) is 2.06. The Balaban J connectivity index is 1.97. The van der Waals surface area contributed by atoms with Crippen molar-refractivity contribution in [2.75, 3.05) is 13.7 Å². The molecule has 0 aliphatic rings.